The van der Waals surface area contributed by atoms with Crippen LogP contribution in [0.15, 0.2) is 24.3 Å². The third-order valence-electron chi connectivity index (χ3n) is 3.66. The highest BCUT2D eigenvalue weighted by atomic mass is 19.4. The molecule has 0 spiro atoms. The molecule has 0 aliphatic rings. The van der Waals surface area contributed by atoms with Crippen LogP contribution in [0.1, 0.15) is 32.8 Å². The smallest absolute Gasteiger partial charge is 0.459 e. The lowest BCUT2D eigenvalue weighted by atomic mass is 9.87. The number of halogens is 7. The summed E-state index contributed by atoms with van der Waals surface area (Å²) in [6.45, 7) is 4.53. The zero-order valence-corrected chi connectivity index (χ0v) is 14.1. The van der Waals surface area contributed by atoms with Crippen LogP contribution in [0, 0.1) is 0 Å². The molecule has 0 heterocycles. The molecule has 0 aliphatic carbocycles. The van der Waals surface area contributed by atoms with Gasteiger partial charge < -0.3 is 9.47 Å². The summed E-state index contributed by atoms with van der Waals surface area (Å²) in [7, 11) is 0.959. The fraction of sp³-hybridized carbons (Fsp3) is 0.625. The molecular weight excluding hydrogens is 357 g/mol. The number of benzene rings is 1. The van der Waals surface area contributed by atoms with Gasteiger partial charge in [-0.2, -0.15) is 30.7 Å². The topological polar surface area (TPSA) is 18.5 Å². The van der Waals surface area contributed by atoms with Crippen LogP contribution in [0.4, 0.5) is 30.7 Å². The van der Waals surface area contributed by atoms with Crippen molar-refractivity contribution in [3.63, 3.8) is 0 Å². The fourth-order valence-corrected chi connectivity index (χ4v) is 2.19. The molecule has 0 fully saturated rings. The number of hydrogen-bond acceptors (Lipinski definition) is 2. The highest BCUT2D eigenvalue weighted by molar-refractivity contribution is 5.31. The molecule has 9 heteroatoms. The van der Waals surface area contributed by atoms with Crippen molar-refractivity contribution < 1.29 is 40.2 Å². The van der Waals surface area contributed by atoms with E-state index in [2.05, 4.69) is 0 Å². The van der Waals surface area contributed by atoms with Crippen molar-refractivity contribution in [3.8, 4) is 5.75 Å². The first-order valence-corrected chi connectivity index (χ1v) is 7.31. The van der Waals surface area contributed by atoms with E-state index in [1.54, 1.807) is 13.8 Å². The van der Waals surface area contributed by atoms with E-state index < -0.39 is 30.0 Å². The number of methoxy groups -OCH3 is 1. The fourth-order valence-electron chi connectivity index (χ4n) is 2.19. The van der Waals surface area contributed by atoms with Crippen molar-refractivity contribution in [2.75, 3.05) is 7.11 Å². The molecule has 0 bridgehead atoms. The molecule has 1 rings (SSSR count). The Hall–Kier alpha value is -1.51. The maximum Gasteiger partial charge on any atom is 0.459 e. The predicted octanol–water partition coefficient (Wildman–Crippen LogP) is 5.56. The summed E-state index contributed by atoms with van der Waals surface area (Å²) >= 11 is 0. The van der Waals surface area contributed by atoms with Crippen LogP contribution in [0.2, 0.25) is 0 Å². The Bertz CT molecular complexity index is 567. The minimum Gasteiger partial charge on any atom is -0.491 e. The second-order valence-corrected chi connectivity index (χ2v) is 6.08. The molecule has 1 aromatic rings. The van der Waals surface area contributed by atoms with Crippen LogP contribution >= 0.6 is 0 Å². The van der Waals surface area contributed by atoms with Crippen LogP contribution in [0.5, 0.6) is 5.75 Å². The van der Waals surface area contributed by atoms with Gasteiger partial charge in [0.25, 0.3) is 0 Å². The van der Waals surface area contributed by atoms with Crippen molar-refractivity contribution >= 4 is 0 Å². The maximum atomic E-state index is 13.7. The highest BCUT2D eigenvalue weighted by Gasteiger charge is 2.73. The van der Waals surface area contributed by atoms with Gasteiger partial charge >= 0.3 is 18.0 Å². The minimum absolute atomic E-state index is 0.0174. The van der Waals surface area contributed by atoms with Crippen molar-refractivity contribution in [2.24, 2.45) is 0 Å². The first kappa shape index (κ1) is 21.5. The summed E-state index contributed by atoms with van der Waals surface area (Å²) in [5.41, 5.74) is -2.04. The SMILES string of the molecule is COC(C)(CC(F)(F)C(F)(F)C(F)(F)F)c1ccc(OC(C)C)cc1. The predicted molar refractivity (Wildman–Crippen MR) is 77.1 cm³/mol. The molecule has 0 radical (unpaired) electrons. The van der Waals surface area contributed by atoms with Gasteiger partial charge in [-0.3, -0.25) is 0 Å². The van der Waals surface area contributed by atoms with Crippen LogP contribution in [-0.4, -0.2) is 31.2 Å². The van der Waals surface area contributed by atoms with Crippen LogP contribution in [0.25, 0.3) is 0 Å². The van der Waals surface area contributed by atoms with Gasteiger partial charge in [0.15, 0.2) is 0 Å². The van der Waals surface area contributed by atoms with Gasteiger partial charge in [0.05, 0.1) is 18.1 Å². The lowest BCUT2D eigenvalue weighted by Gasteiger charge is -2.36. The molecule has 0 aliphatic heterocycles. The number of ether oxygens (including phenoxy) is 2. The molecule has 0 amide bonds. The second kappa shape index (κ2) is 7.01. The van der Waals surface area contributed by atoms with Crippen molar-refractivity contribution in [2.45, 2.75) is 56.9 Å². The van der Waals surface area contributed by atoms with Gasteiger partial charge in [0.1, 0.15) is 5.75 Å². The van der Waals surface area contributed by atoms with Gasteiger partial charge in [-0.25, -0.2) is 0 Å². The van der Waals surface area contributed by atoms with E-state index in [0.29, 0.717) is 5.75 Å². The average molecular weight is 376 g/mol. The number of alkyl halides is 7. The quantitative estimate of drug-likeness (QED) is 0.580. The van der Waals surface area contributed by atoms with Gasteiger partial charge in [0, 0.05) is 7.11 Å². The standard InChI is InChI=1S/C16H19F7O2/c1-10(2)25-12-7-5-11(6-8-12)13(3,24-4)9-14(17,18)15(19,20)16(21,22)23/h5-8,10H,9H2,1-4H3. The summed E-state index contributed by atoms with van der Waals surface area (Å²) in [6.07, 6.45) is -8.39. The number of rotatable bonds is 7. The molecule has 0 saturated carbocycles. The minimum atomic E-state index is -6.37. The van der Waals surface area contributed by atoms with E-state index in [0.717, 1.165) is 14.0 Å². The third kappa shape index (κ3) is 4.56. The summed E-state index contributed by atoms with van der Waals surface area (Å²) in [6, 6.07) is 5.35. The lowest BCUT2D eigenvalue weighted by Crippen LogP contribution is -2.54. The Morgan fingerprint density at radius 1 is 0.920 bits per heavy atom. The van der Waals surface area contributed by atoms with Gasteiger partial charge in [0.2, 0.25) is 0 Å². The van der Waals surface area contributed by atoms with Gasteiger partial charge in [-0.1, -0.05) is 12.1 Å². The summed E-state index contributed by atoms with van der Waals surface area (Å²) in [5, 5.41) is 0. The van der Waals surface area contributed by atoms with E-state index in [1.165, 1.54) is 24.3 Å². The maximum absolute atomic E-state index is 13.7. The molecule has 0 aromatic heterocycles. The Morgan fingerprint density at radius 3 is 1.76 bits per heavy atom. The van der Waals surface area contributed by atoms with Crippen molar-refractivity contribution in [1.29, 1.82) is 0 Å². The third-order valence-corrected chi connectivity index (χ3v) is 3.66. The van der Waals surface area contributed by atoms with Gasteiger partial charge in [-0.15, -0.1) is 0 Å². The molecule has 1 unspecified atom stereocenters. The van der Waals surface area contributed by atoms with E-state index in [-0.39, 0.29) is 11.7 Å². The molecule has 0 saturated heterocycles. The highest BCUT2D eigenvalue weighted by Crippen LogP contribution is 2.51. The van der Waals surface area contributed by atoms with E-state index in [1.807, 2.05) is 0 Å². The van der Waals surface area contributed by atoms with Gasteiger partial charge in [-0.05, 0) is 38.5 Å². The summed E-state index contributed by atoms with van der Waals surface area (Å²) in [5.74, 6) is -11.1. The zero-order valence-electron chi connectivity index (χ0n) is 14.1. The van der Waals surface area contributed by atoms with Crippen molar-refractivity contribution in [3.05, 3.63) is 29.8 Å². The van der Waals surface area contributed by atoms with Crippen LogP contribution < -0.4 is 4.74 Å². The first-order chi connectivity index (χ1) is 11.2. The molecule has 1 aromatic carbocycles. The first-order valence-electron chi connectivity index (χ1n) is 7.31. The normalized spacial score (nSPS) is 16.0. The molecule has 25 heavy (non-hydrogen) atoms. The Morgan fingerprint density at radius 2 is 1.40 bits per heavy atom. The molecule has 2 nitrogen and oxygen atoms in total. The monoisotopic (exact) mass is 376 g/mol. The van der Waals surface area contributed by atoms with E-state index in [9.17, 15) is 30.7 Å². The molecule has 0 N–H and O–H groups in total. The van der Waals surface area contributed by atoms with Crippen LogP contribution in [-0.2, 0) is 10.3 Å². The molecule has 1 atom stereocenters. The molecular formula is C16H19F7O2. The Kier molecular flexibility index (Phi) is 6.04. The van der Waals surface area contributed by atoms with Crippen LogP contribution in [0.3, 0.4) is 0 Å². The second-order valence-electron chi connectivity index (χ2n) is 6.08. The summed E-state index contributed by atoms with van der Waals surface area (Å²) < 4.78 is 101. The largest absolute Gasteiger partial charge is 0.491 e. The average Bonchev–Trinajstić information content (AvgIpc) is 2.45. The Balaban J connectivity index is 3.14. The molecule has 144 valence electrons. The van der Waals surface area contributed by atoms with E-state index >= 15 is 0 Å². The lowest BCUT2D eigenvalue weighted by molar-refractivity contribution is -0.361. The van der Waals surface area contributed by atoms with Crippen molar-refractivity contribution in [1.82, 2.24) is 0 Å². The summed E-state index contributed by atoms with van der Waals surface area (Å²) in [4.78, 5) is 0. The van der Waals surface area contributed by atoms with E-state index in [4.69, 9.17) is 9.47 Å². The number of hydrogen-bond donors (Lipinski definition) is 0. The zero-order chi connectivity index (χ0) is 19.7. The Labute approximate surface area is 140 Å².